The summed E-state index contributed by atoms with van der Waals surface area (Å²) in [5.74, 6) is 0.310. The number of aryl methyl sites for hydroxylation is 2. The summed E-state index contributed by atoms with van der Waals surface area (Å²) in [6.45, 7) is 1.50. The number of hydrogen-bond donors (Lipinski definition) is 4. The number of nitrogens with zero attached hydrogens (tertiary/aromatic N) is 2. The largest absolute Gasteiger partial charge is 0.369 e. The first-order valence-corrected chi connectivity index (χ1v) is 10.5. The maximum absolute atomic E-state index is 11.5. The first-order chi connectivity index (χ1) is 14.0. The number of aromatic nitrogens is 3. The number of imidazole rings is 1. The first kappa shape index (κ1) is 19.5. The Balaban J connectivity index is 1.55. The van der Waals surface area contributed by atoms with Crippen LogP contribution in [0.3, 0.4) is 0 Å². The zero-order valence-corrected chi connectivity index (χ0v) is 17.6. The van der Waals surface area contributed by atoms with Crippen LogP contribution in [-0.4, -0.2) is 20.9 Å². The molecule has 0 saturated carbocycles. The quantitative estimate of drug-likeness (QED) is 0.349. The molecule has 0 fully saturated rings. The van der Waals surface area contributed by atoms with Crippen molar-refractivity contribution in [3.8, 4) is 0 Å². The lowest BCUT2D eigenvalue weighted by Gasteiger charge is -2.04. The average Bonchev–Trinajstić information content (AvgIpc) is 3.22. The van der Waals surface area contributed by atoms with Crippen molar-refractivity contribution in [2.75, 3.05) is 11.1 Å². The Morgan fingerprint density at radius 1 is 1.14 bits per heavy atom. The van der Waals surface area contributed by atoms with E-state index >= 15 is 0 Å². The minimum atomic E-state index is -0.112. The number of anilines is 2. The lowest BCUT2D eigenvalue weighted by molar-refractivity contribution is -0.114. The van der Waals surface area contributed by atoms with Crippen LogP contribution in [0.4, 0.5) is 11.1 Å². The van der Waals surface area contributed by atoms with Crippen LogP contribution in [0.2, 0.25) is 0 Å². The molecule has 0 unspecified atom stereocenters. The van der Waals surface area contributed by atoms with Crippen molar-refractivity contribution in [3.63, 3.8) is 0 Å². The highest BCUT2D eigenvalue weighted by Crippen LogP contribution is 2.27. The summed E-state index contributed by atoms with van der Waals surface area (Å²) in [6, 6.07) is 14.2. The number of aromatic amines is 1. The van der Waals surface area contributed by atoms with Gasteiger partial charge in [-0.05, 0) is 48.2 Å². The monoisotopic (exact) mass is 423 g/mol. The van der Waals surface area contributed by atoms with Crippen molar-refractivity contribution in [2.24, 2.45) is 0 Å². The first-order valence-electron chi connectivity index (χ1n) is 9.24. The molecule has 2 aromatic heterocycles. The van der Waals surface area contributed by atoms with Crippen molar-refractivity contribution in [2.45, 2.75) is 31.1 Å². The van der Waals surface area contributed by atoms with Gasteiger partial charge in [0.1, 0.15) is 0 Å². The van der Waals surface area contributed by atoms with Gasteiger partial charge in [-0.2, -0.15) is 0 Å². The number of nitrogens with one attached hydrogen (secondary N) is 2. The number of thiazole rings is 1. The van der Waals surface area contributed by atoms with Gasteiger partial charge in [-0.3, -0.25) is 4.79 Å². The van der Waals surface area contributed by atoms with E-state index in [4.69, 9.17) is 5.73 Å². The van der Waals surface area contributed by atoms with Gasteiger partial charge >= 0.3 is 0 Å². The Morgan fingerprint density at radius 2 is 1.90 bits per heavy atom. The minimum absolute atomic E-state index is 0.112. The molecule has 0 aliphatic carbocycles. The molecule has 8 heteroatoms. The summed E-state index contributed by atoms with van der Waals surface area (Å²) < 4.78 is 0. The highest BCUT2D eigenvalue weighted by Gasteiger charge is 2.13. The highest BCUT2D eigenvalue weighted by molar-refractivity contribution is 7.80. The van der Waals surface area contributed by atoms with Crippen LogP contribution < -0.4 is 11.1 Å². The summed E-state index contributed by atoms with van der Waals surface area (Å²) in [5, 5.41) is 3.46. The Labute approximate surface area is 178 Å². The topological polar surface area (TPSA) is 96.7 Å². The number of rotatable bonds is 6. The number of carbonyl (C=O) groups excluding carboxylic acids is 1. The van der Waals surface area contributed by atoms with Crippen LogP contribution in [0, 0.1) is 0 Å². The number of hydrogen-bond acceptors (Lipinski definition) is 6. The molecule has 0 bridgehead atoms. The molecule has 1 amide bonds. The van der Waals surface area contributed by atoms with Gasteiger partial charge in [-0.15, -0.1) is 24.0 Å². The maximum Gasteiger partial charge on any atom is 0.223 e. The predicted octanol–water partition coefficient (Wildman–Crippen LogP) is 4.22. The summed E-state index contributed by atoms with van der Waals surface area (Å²) in [6.07, 6.45) is 2.39. The van der Waals surface area contributed by atoms with E-state index in [1.54, 1.807) is 0 Å². The lowest BCUT2D eigenvalue weighted by Crippen LogP contribution is -2.05. The third-order valence-corrected chi connectivity index (χ3v) is 5.89. The molecular formula is C21H21N5OS2. The van der Waals surface area contributed by atoms with Crippen LogP contribution >= 0.6 is 24.0 Å². The molecular weight excluding hydrogens is 402 g/mol. The molecule has 0 saturated heterocycles. The van der Waals surface area contributed by atoms with E-state index in [1.807, 2.05) is 18.2 Å². The van der Waals surface area contributed by atoms with Gasteiger partial charge in [0.05, 0.1) is 16.7 Å². The Morgan fingerprint density at radius 3 is 2.66 bits per heavy atom. The third kappa shape index (κ3) is 4.78. The summed E-state index contributed by atoms with van der Waals surface area (Å²) >= 11 is 5.88. The van der Waals surface area contributed by atoms with E-state index in [2.05, 4.69) is 57.2 Å². The zero-order valence-electron chi connectivity index (χ0n) is 15.9. The second-order valence-electron chi connectivity index (χ2n) is 6.89. The number of fused-ring (bicyclic) bond motifs is 1. The molecule has 6 nitrogen and oxygen atoms in total. The fourth-order valence-electron chi connectivity index (χ4n) is 3.21. The Kier molecular flexibility index (Phi) is 5.55. The lowest BCUT2D eigenvalue weighted by atomic mass is 10.0. The second kappa shape index (κ2) is 8.26. The second-order valence-corrected chi connectivity index (χ2v) is 8.49. The normalized spacial score (nSPS) is 11.1. The standard InChI is InChI=1S/C21H21N5OS2/c1-12(27)23-21-26-17(19(29-21)11-14-2-6-15(28)7-3-14)9-5-13-4-8-16-18(10-13)25-20(22)24-16/h2-4,6-8,10,28H,5,9,11H2,1H3,(H3,22,24,25)(H,23,26,27). The average molecular weight is 424 g/mol. The summed E-state index contributed by atoms with van der Waals surface area (Å²) in [7, 11) is 0. The minimum Gasteiger partial charge on any atom is -0.369 e. The fourth-order valence-corrected chi connectivity index (χ4v) is 4.45. The van der Waals surface area contributed by atoms with Crippen molar-refractivity contribution >= 4 is 52.0 Å². The van der Waals surface area contributed by atoms with Gasteiger partial charge in [-0.25, -0.2) is 9.97 Å². The molecule has 0 atom stereocenters. The molecule has 0 aliphatic heterocycles. The van der Waals surface area contributed by atoms with Crippen molar-refractivity contribution in [1.29, 1.82) is 0 Å². The molecule has 0 radical (unpaired) electrons. The Hall–Kier alpha value is -2.84. The number of carbonyl (C=O) groups is 1. The number of nitrogens with two attached hydrogens (primary N) is 1. The van der Waals surface area contributed by atoms with Gasteiger partial charge in [0.2, 0.25) is 5.91 Å². The van der Waals surface area contributed by atoms with E-state index < -0.39 is 0 Å². The van der Waals surface area contributed by atoms with Crippen molar-refractivity contribution in [3.05, 3.63) is 64.2 Å². The number of nitrogen functional groups attached to an aromatic ring is 1. The molecule has 2 heterocycles. The zero-order chi connectivity index (χ0) is 20.4. The molecule has 4 rings (SSSR count). The van der Waals surface area contributed by atoms with Crippen molar-refractivity contribution in [1.82, 2.24) is 15.0 Å². The smallest absolute Gasteiger partial charge is 0.223 e. The van der Waals surface area contributed by atoms with Gasteiger partial charge in [-0.1, -0.05) is 18.2 Å². The number of amides is 1. The maximum atomic E-state index is 11.5. The van der Waals surface area contributed by atoms with Crippen molar-refractivity contribution < 1.29 is 4.79 Å². The SMILES string of the molecule is CC(=O)Nc1nc(CCc2ccc3nc(N)[nH]c3c2)c(Cc2ccc(S)cc2)s1. The molecule has 4 aromatic rings. The van der Waals surface area contributed by atoms with Gasteiger partial charge in [0, 0.05) is 23.1 Å². The van der Waals surface area contributed by atoms with Crippen LogP contribution in [0.15, 0.2) is 47.4 Å². The van der Waals surface area contributed by atoms with Gasteiger partial charge < -0.3 is 16.0 Å². The summed E-state index contributed by atoms with van der Waals surface area (Å²) in [4.78, 5) is 25.5. The Bertz CT molecular complexity index is 1160. The fraction of sp³-hybridized carbons (Fsp3) is 0.190. The molecule has 148 valence electrons. The van der Waals surface area contributed by atoms with Gasteiger partial charge in [0.15, 0.2) is 11.1 Å². The van der Waals surface area contributed by atoms with E-state index in [0.29, 0.717) is 11.1 Å². The number of thiol groups is 1. The van der Waals surface area contributed by atoms with E-state index in [0.717, 1.165) is 45.8 Å². The highest BCUT2D eigenvalue weighted by atomic mass is 32.1. The van der Waals surface area contributed by atoms with Crippen LogP contribution in [0.5, 0.6) is 0 Å². The molecule has 2 aromatic carbocycles. The van der Waals surface area contributed by atoms with Crippen LogP contribution in [-0.2, 0) is 24.1 Å². The van der Waals surface area contributed by atoms with Gasteiger partial charge in [0.25, 0.3) is 0 Å². The van der Waals surface area contributed by atoms with E-state index in [1.165, 1.54) is 29.4 Å². The molecule has 4 N–H and O–H groups in total. The number of benzene rings is 2. The predicted molar refractivity (Wildman–Crippen MR) is 121 cm³/mol. The summed E-state index contributed by atoms with van der Waals surface area (Å²) in [5.41, 5.74) is 10.9. The van der Waals surface area contributed by atoms with Crippen LogP contribution in [0.25, 0.3) is 11.0 Å². The molecule has 0 aliphatic rings. The van der Waals surface area contributed by atoms with Crippen LogP contribution in [0.1, 0.15) is 28.6 Å². The third-order valence-electron chi connectivity index (χ3n) is 4.58. The number of H-pyrrole nitrogens is 1. The van der Waals surface area contributed by atoms with E-state index in [-0.39, 0.29) is 5.91 Å². The molecule has 29 heavy (non-hydrogen) atoms. The van der Waals surface area contributed by atoms with E-state index in [9.17, 15) is 4.79 Å². The molecule has 0 spiro atoms.